The molecule has 0 bridgehead atoms. The maximum atomic E-state index is 12.0. The fourth-order valence-electron chi connectivity index (χ4n) is 2.94. The summed E-state index contributed by atoms with van der Waals surface area (Å²) in [6, 6.07) is 0. The van der Waals surface area contributed by atoms with E-state index in [0.717, 1.165) is 44.4 Å². The van der Waals surface area contributed by atoms with Gasteiger partial charge >= 0.3 is 0 Å². The standard InChI is InChI=1S/C11H18N2O/c1-7-2-10(7)11(14)13-5-8-3-12-4-9(8)6-13/h7-10,12H,2-6H2,1H3/t7-,8?,9?,10-/m1/s1. The minimum Gasteiger partial charge on any atom is -0.342 e. The number of hydrogen-bond donors (Lipinski definition) is 1. The van der Waals surface area contributed by atoms with Gasteiger partial charge in [0.1, 0.15) is 0 Å². The lowest BCUT2D eigenvalue weighted by atomic mass is 10.0. The van der Waals surface area contributed by atoms with Crippen LogP contribution >= 0.6 is 0 Å². The van der Waals surface area contributed by atoms with Gasteiger partial charge in [-0.05, 0) is 24.2 Å². The van der Waals surface area contributed by atoms with Gasteiger partial charge < -0.3 is 10.2 Å². The lowest BCUT2D eigenvalue weighted by Crippen LogP contribution is -2.33. The maximum absolute atomic E-state index is 12.0. The average Bonchev–Trinajstić information content (AvgIpc) is 2.62. The Balaban J connectivity index is 1.62. The van der Waals surface area contributed by atoms with Crippen molar-refractivity contribution in [2.45, 2.75) is 13.3 Å². The van der Waals surface area contributed by atoms with E-state index in [1.54, 1.807) is 0 Å². The van der Waals surface area contributed by atoms with Crippen LogP contribution in [0.5, 0.6) is 0 Å². The molecule has 4 atom stereocenters. The molecule has 78 valence electrons. The first-order valence-electron chi connectivity index (χ1n) is 5.75. The zero-order valence-electron chi connectivity index (χ0n) is 8.70. The molecule has 1 aliphatic carbocycles. The molecule has 2 saturated heterocycles. The monoisotopic (exact) mass is 194 g/mol. The number of rotatable bonds is 1. The third kappa shape index (κ3) is 1.26. The van der Waals surface area contributed by atoms with Crippen molar-refractivity contribution >= 4 is 5.91 Å². The van der Waals surface area contributed by atoms with Crippen LogP contribution in [0.25, 0.3) is 0 Å². The molecule has 0 spiro atoms. The smallest absolute Gasteiger partial charge is 0.225 e. The third-order valence-electron chi connectivity index (χ3n) is 4.13. The summed E-state index contributed by atoms with van der Waals surface area (Å²) >= 11 is 0. The normalized spacial score (nSPS) is 45.4. The van der Waals surface area contributed by atoms with Gasteiger partial charge in [-0.1, -0.05) is 6.92 Å². The van der Waals surface area contributed by atoms with Crippen LogP contribution in [-0.4, -0.2) is 37.0 Å². The van der Waals surface area contributed by atoms with E-state index in [9.17, 15) is 4.79 Å². The molecule has 0 aromatic carbocycles. The molecule has 14 heavy (non-hydrogen) atoms. The van der Waals surface area contributed by atoms with E-state index < -0.39 is 0 Å². The van der Waals surface area contributed by atoms with Crippen molar-refractivity contribution in [3.63, 3.8) is 0 Å². The fraction of sp³-hybridized carbons (Fsp3) is 0.909. The van der Waals surface area contributed by atoms with E-state index in [0.29, 0.717) is 17.7 Å². The zero-order valence-corrected chi connectivity index (χ0v) is 8.70. The van der Waals surface area contributed by atoms with Gasteiger partial charge in [0.25, 0.3) is 0 Å². The third-order valence-corrected chi connectivity index (χ3v) is 4.13. The molecule has 0 radical (unpaired) electrons. The van der Waals surface area contributed by atoms with Gasteiger partial charge in [-0.3, -0.25) is 4.79 Å². The van der Waals surface area contributed by atoms with Gasteiger partial charge in [0.05, 0.1) is 0 Å². The van der Waals surface area contributed by atoms with Crippen molar-refractivity contribution in [1.82, 2.24) is 10.2 Å². The molecular formula is C11H18N2O. The SMILES string of the molecule is C[C@@H]1C[C@H]1C(=O)N1CC2CNCC2C1. The van der Waals surface area contributed by atoms with Crippen LogP contribution in [0.4, 0.5) is 0 Å². The van der Waals surface area contributed by atoms with Crippen LogP contribution in [0.3, 0.4) is 0 Å². The zero-order chi connectivity index (χ0) is 9.71. The molecule has 2 unspecified atom stereocenters. The molecule has 3 heteroatoms. The van der Waals surface area contributed by atoms with Crippen LogP contribution in [0, 0.1) is 23.7 Å². The highest BCUT2D eigenvalue weighted by Gasteiger charge is 2.45. The molecule has 1 N–H and O–H groups in total. The van der Waals surface area contributed by atoms with Crippen molar-refractivity contribution in [3.8, 4) is 0 Å². The molecule has 3 aliphatic rings. The van der Waals surface area contributed by atoms with Gasteiger partial charge in [0, 0.05) is 32.1 Å². The van der Waals surface area contributed by atoms with Crippen molar-refractivity contribution in [2.75, 3.05) is 26.2 Å². The Bertz CT molecular complexity index is 254. The molecule has 3 nitrogen and oxygen atoms in total. The Morgan fingerprint density at radius 1 is 1.29 bits per heavy atom. The first kappa shape index (κ1) is 8.72. The summed E-state index contributed by atoms with van der Waals surface area (Å²) in [4.78, 5) is 14.1. The highest BCUT2D eigenvalue weighted by atomic mass is 16.2. The minimum atomic E-state index is 0.377. The number of nitrogens with one attached hydrogen (secondary N) is 1. The number of nitrogens with zero attached hydrogens (tertiary/aromatic N) is 1. The van der Waals surface area contributed by atoms with Crippen LogP contribution < -0.4 is 5.32 Å². The van der Waals surface area contributed by atoms with Crippen LogP contribution in [-0.2, 0) is 4.79 Å². The highest BCUT2D eigenvalue weighted by Crippen LogP contribution is 2.40. The van der Waals surface area contributed by atoms with E-state index in [1.807, 2.05) is 0 Å². The Labute approximate surface area is 84.8 Å². The Morgan fingerprint density at radius 2 is 1.86 bits per heavy atom. The lowest BCUT2D eigenvalue weighted by molar-refractivity contribution is -0.132. The number of hydrogen-bond acceptors (Lipinski definition) is 2. The van der Waals surface area contributed by atoms with Gasteiger partial charge in [-0.25, -0.2) is 0 Å². The first-order valence-corrected chi connectivity index (χ1v) is 5.75. The summed E-state index contributed by atoms with van der Waals surface area (Å²) in [6.07, 6.45) is 1.13. The number of amides is 1. The van der Waals surface area contributed by atoms with E-state index in [1.165, 1.54) is 0 Å². The summed E-state index contributed by atoms with van der Waals surface area (Å²) < 4.78 is 0. The summed E-state index contributed by atoms with van der Waals surface area (Å²) in [7, 11) is 0. The van der Waals surface area contributed by atoms with Crippen LogP contribution in [0.1, 0.15) is 13.3 Å². The van der Waals surface area contributed by atoms with Gasteiger partial charge in [-0.2, -0.15) is 0 Å². The molecular weight excluding hydrogens is 176 g/mol. The molecule has 0 aromatic heterocycles. The second-order valence-electron chi connectivity index (χ2n) is 5.24. The number of carbonyl (C=O) groups excluding carboxylic acids is 1. The molecule has 0 aromatic rings. The minimum absolute atomic E-state index is 0.377. The van der Waals surface area contributed by atoms with Gasteiger partial charge in [0.2, 0.25) is 5.91 Å². The predicted molar refractivity (Wildman–Crippen MR) is 53.7 cm³/mol. The molecule has 2 heterocycles. The van der Waals surface area contributed by atoms with Crippen molar-refractivity contribution in [1.29, 1.82) is 0 Å². The highest BCUT2D eigenvalue weighted by molar-refractivity contribution is 5.81. The molecule has 3 rings (SSSR count). The maximum Gasteiger partial charge on any atom is 0.225 e. The predicted octanol–water partition coefficient (Wildman–Crippen LogP) is 0.320. The van der Waals surface area contributed by atoms with Crippen LogP contribution in [0.15, 0.2) is 0 Å². The molecule has 1 amide bonds. The Kier molecular flexibility index (Phi) is 1.84. The largest absolute Gasteiger partial charge is 0.342 e. The first-order chi connectivity index (χ1) is 6.75. The van der Waals surface area contributed by atoms with E-state index in [-0.39, 0.29) is 0 Å². The second-order valence-corrected chi connectivity index (χ2v) is 5.24. The van der Waals surface area contributed by atoms with Crippen molar-refractivity contribution in [3.05, 3.63) is 0 Å². The number of carbonyl (C=O) groups is 1. The topological polar surface area (TPSA) is 32.3 Å². The van der Waals surface area contributed by atoms with Gasteiger partial charge in [-0.15, -0.1) is 0 Å². The fourth-order valence-corrected chi connectivity index (χ4v) is 2.94. The molecule has 1 saturated carbocycles. The average molecular weight is 194 g/mol. The van der Waals surface area contributed by atoms with E-state index >= 15 is 0 Å². The van der Waals surface area contributed by atoms with E-state index in [4.69, 9.17) is 0 Å². The second kappa shape index (κ2) is 2.96. The van der Waals surface area contributed by atoms with E-state index in [2.05, 4.69) is 17.1 Å². The van der Waals surface area contributed by atoms with Gasteiger partial charge in [0.15, 0.2) is 0 Å². The summed E-state index contributed by atoms with van der Waals surface area (Å²) in [5.74, 6) is 2.95. The number of likely N-dealkylation sites (tertiary alicyclic amines) is 1. The summed E-state index contributed by atoms with van der Waals surface area (Å²) in [6.45, 7) is 6.45. The summed E-state index contributed by atoms with van der Waals surface area (Å²) in [5.41, 5.74) is 0. The molecule has 2 aliphatic heterocycles. The summed E-state index contributed by atoms with van der Waals surface area (Å²) in [5, 5.41) is 3.40. The van der Waals surface area contributed by atoms with Crippen molar-refractivity contribution in [2.24, 2.45) is 23.7 Å². The lowest BCUT2D eigenvalue weighted by Gasteiger charge is -2.17. The van der Waals surface area contributed by atoms with Crippen LogP contribution in [0.2, 0.25) is 0 Å². The quantitative estimate of drug-likeness (QED) is 0.652. The Hall–Kier alpha value is -0.570. The number of fused-ring (bicyclic) bond motifs is 1. The van der Waals surface area contributed by atoms with Crippen molar-refractivity contribution < 1.29 is 4.79 Å². The Morgan fingerprint density at radius 3 is 2.36 bits per heavy atom. The molecule has 3 fully saturated rings.